The molecular weight excluding hydrogens is 312 g/mol. The van der Waals surface area contributed by atoms with Gasteiger partial charge in [0, 0.05) is 18.4 Å². The van der Waals surface area contributed by atoms with E-state index in [2.05, 4.69) is 15.3 Å². The zero-order chi connectivity index (χ0) is 15.4. The molecule has 12 heteroatoms. The standard InChI is InChI=1S/C8H9F6N5S/c9-7(10,11)4-3-5(18-6(17-4)19-15)16-1-2-20-8(12,13)14/h3H,1-2,15H2,(H2,16,17,18,19). The Morgan fingerprint density at radius 1 is 1.15 bits per heavy atom. The molecule has 1 aromatic heterocycles. The van der Waals surface area contributed by atoms with Gasteiger partial charge in [0.2, 0.25) is 5.95 Å². The highest BCUT2D eigenvalue weighted by molar-refractivity contribution is 8.00. The lowest BCUT2D eigenvalue weighted by Gasteiger charge is -2.11. The molecule has 0 aromatic carbocycles. The summed E-state index contributed by atoms with van der Waals surface area (Å²) in [5.41, 5.74) is -3.81. The molecule has 0 saturated heterocycles. The average molecular weight is 321 g/mol. The van der Waals surface area contributed by atoms with Crippen LogP contribution in [-0.4, -0.2) is 27.8 Å². The second-order valence-electron chi connectivity index (χ2n) is 3.33. The lowest BCUT2D eigenvalue weighted by atomic mass is 10.4. The van der Waals surface area contributed by atoms with Crippen molar-refractivity contribution in [1.82, 2.24) is 9.97 Å². The van der Waals surface area contributed by atoms with Crippen molar-refractivity contribution in [2.75, 3.05) is 23.0 Å². The number of hydrazine groups is 1. The minimum Gasteiger partial charge on any atom is -0.369 e. The molecule has 1 aromatic rings. The van der Waals surface area contributed by atoms with Gasteiger partial charge in [0.05, 0.1) is 0 Å². The number of aromatic nitrogens is 2. The summed E-state index contributed by atoms with van der Waals surface area (Å²) < 4.78 is 73.0. The molecule has 0 spiro atoms. The van der Waals surface area contributed by atoms with Crippen LogP contribution in [0.1, 0.15) is 5.69 Å². The van der Waals surface area contributed by atoms with E-state index in [-0.39, 0.29) is 29.9 Å². The number of thioether (sulfide) groups is 1. The Kier molecular flexibility index (Phi) is 5.28. The van der Waals surface area contributed by atoms with Crippen molar-refractivity contribution in [3.63, 3.8) is 0 Å². The Morgan fingerprint density at radius 2 is 1.80 bits per heavy atom. The highest BCUT2D eigenvalue weighted by Crippen LogP contribution is 2.31. The summed E-state index contributed by atoms with van der Waals surface area (Å²) in [5.74, 6) is 3.78. The minimum atomic E-state index is -4.72. The van der Waals surface area contributed by atoms with Crippen LogP contribution >= 0.6 is 11.8 Å². The Bertz CT molecular complexity index is 448. The maximum absolute atomic E-state index is 12.5. The molecule has 0 atom stereocenters. The Labute approximate surface area is 113 Å². The summed E-state index contributed by atoms with van der Waals surface area (Å²) >= 11 is -0.296. The molecule has 20 heavy (non-hydrogen) atoms. The largest absolute Gasteiger partial charge is 0.441 e. The molecule has 1 heterocycles. The predicted octanol–water partition coefficient (Wildman–Crippen LogP) is 2.45. The minimum absolute atomic E-state index is 0.220. The number of rotatable bonds is 5. The Balaban J connectivity index is 2.70. The van der Waals surface area contributed by atoms with Gasteiger partial charge in [0.25, 0.3) is 0 Å². The van der Waals surface area contributed by atoms with Crippen molar-refractivity contribution in [2.45, 2.75) is 11.7 Å². The van der Waals surface area contributed by atoms with Gasteiger partial charge in [0.1, 0.15) is 5.82 Å². The zero-order valence-corrected chi connectivity index (χ0v) is 10.5. The molecule has 0 amide bonds. The molecule has 0 saturated carbocycles. The van der Waals surface area contributed by atoms with Crippen LogP contribution in [0.3, 0.4) is 0 Å². The highest BCUT2D eigenvalue weighted by Gasteiger charge is 2.33. The van der Waals surface area contributed by atoms with E-state index >= 15 is 0 Å². The number of nitrogens with two attached hydrogens (primary N) is 1. The van der Waals surface area contributed by atoms with Gasteiger partial charge in [-0.3, -0.25) is 5.43 Å². The summed E-state index contributed by atoms with van der Waals surface area (Å²) in [5, 5.41) is 2.34. The van der Waals surface area contributed by atoms with Crippen molar-refractivity contribution in [3.05, 3.63) is 11.8 Å². The van der Waals surface area contributed by atoms with Crippen molar-refractivity contribution < 1.29 is 26.3 Å². The molecule has 0 aliphatic heterocycles. The van der Waals surface area contributed by atoms with E-state index < -0.39 is 23.3 Å². The molecule has 0 radical (unpaired) electrons. The van der Waals surface area contributed by atoms with Crippen LogP contribution in [0.4, 0.5) is 38.1 Å². The van der Waals surface area contributed by atoms with Crippen molar-refractivity contribution in [1.29, 1.82) is 0 Å². The Hall–Kier alpha value is -1.43. The first-order chi connectivity index (χ1) is 9.12. The first-order valence-electron chi connectivity index (χ1n) is 4.99. The topological polar surface area (TPSA) is 75.9 Å². The molecule has 0 unspecified atom stereocenters. The predicted molar refractivity (Wildman–Crippen MR) is 61.8 cm³/mol. The summed E-state index contributed by atoms with van der Waals surface area (Å²) in [6.07, 6.45) is -4.72. The van der Waals surface area contributed by atoms with Gasteiger partial charge in [0.15, 0.2) is 5.69 Å². The summed E-state index contributed by atoms with van der Waals surface area (Å²) in [7, 11) is 0. The summed E-state index contributed by atoms with van der Waals surface area (Å²) in [4.78, 5) is 6.64. The van der Waals surface area contributed by atoms with Crippen LogP contribution in [0.15, 0.2) is 6.07 Å². The van der Waals surface area contributed by atoms with E-state index in [1.807, 2.05) is 5.43 Å². The maximum Gasteiger partial charge on any atom is 0.441 e. The molecule has 114 valence electrons. The number of nitrogens with zero attached hydrogens (tertiary/aromatic N) is 2. The smallest absolute Gasteiger partial charge is 0.369 e. The number of halogens is 6. The van der Waals surface area contributed by atoms with Crippen LogP contribution in [0, 0.1) is 0 Å². The number of hydrogen-bond acceptors (Lipinski definition) is 6. The van der Waals surface area contributed by atoms with E-state index in [0.717, 1.165) is 0 Å². The van der Waals surface area contributed by atoms with Crippen LogP contribution in [0.5, 0.6) is 0 Å². The van der Waals surface area contributed by atoms with Gasteiger partial charge in [-0.1, -0.05) is 0 Å². The highest BCUT2D eigenvalue weighted by atomic mass is 32.2. The number of nitrogen functional groups attached to an aromatic ring is 1. The van der Waals surface area contributed by atoms with Crippen molar-refractivity contribution in [2.24, 2.45) is 5.84 Å². The second-order valence-corrected chi connectivity index (χ2v) is 4.48. The van der Waals surface area contributed by atoms with Crippen LogP contribution in [0.25, 0.3) is 0 Å². The normalized spacial score (nSPS) is 12.3. The van der Waals surface area contributed by atoms with Crippen LogP contribution in [-0.2, 0) is 6.18 Å². The second kappa shape index (κ2) is 6.35. The lowest BCUT2D eigenvalue weighted by molar-refractivity contribution is -0.141. The average Bonchev–Trinajstić information content (AvgIpc) is 2.32. The first kappa shape index (κ1) is 16.6. The molecular formula is C8H9F6N5S. The maximum atomic E-state index is 12.5. The van der Waals surface area contributed by atoms with Gasteiger partial charge in [-0.2, -0.15) is 31.3 Å². The van der Waals surface area contributed by atoms with Crippen LogP contribution < -0.4 is 16.6 Å². The van der Waals surface area contributed by atoms with Gasteiger partial charge in [-0.15, -0.1) is 0 Å². The third kappa shape index (κ3) is 5.69. The SMILES string of the molecule is NNc1nc(NCCSC(F)(F)F)cc(C(F)(F)F)n1. The van der Waals surface area contributed by atoms with Gasteiger partial charge in [-0.05, 0) is 11.8 Å². The number of anilines is 2. The number of hydrogen-bond donors (Lipinski definition) is 3. The molecule has 0 fully saturated rings. The van der Waals surface area contributed by atoms with Crippen molar-refractivity contribution in [3.8, 4) is 0 Å². The van der Waals surface area contributed by atoms with E-state index in [1.165, 1.54) is 0 Å². The number of nitrogens with one attached hydrogen (secondary N) is 2. The summed E-state index contributed by atoms with van der Waals surface area (Å²) in [6, 6.07) is 0.582. The van der Waals surface area contributed by atoms with E-state index in [9.17, 15) is 26.3 Å². The molecule has 0 aliphatic carbocycles. The quantitative estimate of drug-likeness (QED) is 0.335. The van der Waals surface area contributed by atoms with E-state index in [0.29, 0.717) is 6.07 Å². The first-order valence-corrected chi connectivity index (χ1v) is 5.98. The summed E-state index contributed by atoms with van der Waals surface area (Å²) in [6.45, 7) is -0.220. The number of alkyl halides is 6. The molecule has 0 aliphatic rings. The lowest BCUT2D eigenvalue weighted by Crippen LogP contribution is -2.17. The fraction of sp³-hybridized carbons (Fsp3) is 0.500. The third-order valence-corrected chi connectivity index (χ3v) is 2.56. The van der Waals surface area contributed by atoms with Gasteiger partial charge in [-0.25, -0.2) is 10.8 Å². The van der Waals surface area contributed by atoms with Gasteiger partial charge < -0.3 is 5.32 Å². The molecule has 0 bridgehead atoms. The fourth-order valence-electron chi connectivity index (χ4n) is 1.09. The molecule has 1 rings (SSSR count). The fourth-order valence-corrected chi connectivity index (χ4v) is 1.53. The monoisotopic (exact) mass is 321 g/mol. The van der Waals surface area contributed by atoms with Crippen LogP contribution in [0.2, 0.25) is 0 Å². The third-order valence-electron chi connectivity index (χ3n) is 1.82. The Morgan fingerprint density at radius 3 is 2.30 bits per heavy atom. The molecule has 5 nitrogen and oxygen atoms in total. The van der Waals surface area contributed by atoms with Crippen molar-refractivity contribution >= 4 is 23.5 Å². The van der Waals surface area contributed by atoms with E-state index in [1.54, 1.807) is 0 Å². The van der Waals surface area contributed by atoms with Gasteiger partial charge >= 0.3 is 11.7 Å². The van der Waals surface area contributed by atoms with E-state index in [4.69, 9.17) is 5.84 Å². The zero-order valence-electron chi connectivity index (χ0n) is 9.64. The molecule has 4 N–H and O–H groups in total.